The summed E-state index contributed by atoms with van der Waals surface area (Å²) >= 11 is 0. The molecular weight excluding hydrogens is 407 g/mol. The Kier molecular flexibility index (Phi) is 5.77. The lowest BCUT2D eigenvalue weighted by Crippen LogP contribution is -2.32. The molecule has 0 spiro atoms. The van der Waals surface area contributed by atoms with Gasteiger partial charge in [-0.2, -0.15) is 0 Å². The first kappa shape index (κ1) is 21.3. The van der Waals surface area contributed by atoms with Crippen LogP contribution in [-0.2, 0) is 9.59 Å². The topological polar surface area (TPSA) is 58.6 Å². The highest BCUT2D eigenvalue weighted by atomic mass is 19.1. The number of imide groups is 1. The SMILES string of the molecule is CCOc1ccc(N2C(=O)C(Nc3ccc(C)c(C)c3)=C(c3ccc(F)cc3)C2=O)cc1. The fourth-order valence-corrected chi connectivity index (χ4v) is 3.59. The van der Waals surface area contributed by atoms with Gasteiger partial charge < -0.3 is 10.1 Å². The van der Waals surface area contributed by atoms with Gasteiger partial charge in [0.2, 0.25) is 0 Å². The molecule has 3 aromatic rings. The second-order valence-corrected chi connectivity index (χ2v) is 7.55. The number of nitrogens with zero attached hydrogens (tertiary/aromatic N) is 1. The molecule has 1 heterocycles. The summed E-state index contributed by atoms with van der Waals surface area (Å²) in [6.45, 7) is 6.37. The molecule has 0 aliphatic carbocycles. The van der Waals surface area contributed by atoms with Gasteiger partial charge in [0.25, 0.3) is 11.8 Å². The Morgan fingerprint density at radius 3 is 2.19 bits per heavy atom. The lowest BCUT2D eigenvalue weighted by atomic mass is 10.0. The minimum atomic E-state index is -0.475. The van der Waals surface area contributed by atoms with Crippen LogP contribution in [-0.4, -0.2) is 18.4 Å². The minimum Gasteiger partial charge on any atom is -0.494 e. The van der Waals surface area contributed by atoms with E-state index in [0.29, 0.717) is 29.3 Å². The van der Waals surface area contributed by atoms with Crippen LogP contribution in [0.1, 0.15) is 23.6 Å². The third kappa shape index (κ3) is 3.99. The first-order chi connectivity index (χ1) is 15.4. The van der Waals surface area contributed by atoms with Crippen LogP contribution < -0.4 is 15.0 Å². The summed E-state index contributed by atoms with van der Waals surface area (Å²) in [6, 6.07) is 18.0. The molecule has 1 aliphatic rings. The van der Waals surface area contributed by atoms with Gasteiger partial charge in [0.1, 0.15) is 17.3 Å². The molecule has 0 fully saturated rings. The maximum absolute atomic E-state index is 13.5. The van der Waals surface area contributed by atoms with Gasteiger partial charge >= 0.3 is 0 Å². The quantitative estimate of drug-likeness (QED) is 0.544. The summed E-state index contributed by atoms with van der Waals surface area (Å²) in [7, 11) is 0. The van der Waals surface area contributed by atoms with Gasteiger partial charge in [-0.25, -0.2) is 9.29 Å². The molecule has 0 bridgehead atoms. The predicted octanol–water partition coefficient (Wildman–Crippen LogP) is 5.24. The highest BCUT2D eigenvalue weighted by Gasteiger charge is 2.40. The van der Waals surface area contributed by atoms with Crippen LogP contribution in [0.2, 0.25) is 0 Å². The molecule has 5 nitrogen and oxygen atoms in total. The maximum atomic E-state index is 13.5. The lowest BCUT2D eigenvalue weighted by molar-refractivity contribution is -0.120. The normalized spacial score (nSPS) is 13.7. The number of ether oxygens (including phenoxy) is 1. The number of hydrogen-bond donors (Lipinski definition) is 1. The first-order valence-electron chi connectivity index (χ1n) is 10.3. The van der Waals surface area contributed by atoms with Crippen LogP contribution in [0.15, 0.2) is 72.4 Å². The number of halogens is 1. The molecule has 0 unspecified atom stereocenters. The Morgan fingerprint density at radius 1 is 0.875 bits per heavy atom. The van der Waals surface area contributed by atoms with Gasteiger partial charge in [0.15, 0.2) is 0 Å². The Labute approximate surface area is 186 Å². The number of rotatable bonds is 6. The van der Waals surface area contributed by atoms with Gasteiger partial charge in [-0.1, -0.05) is 18.2 Å². The summed E-state index contributed by atoms with van der Waals surface area (Å²) in [5, 5.41) is 3.13. The van der Waals surface area contributed by atoms with Crippen LogP contribution in [0.4, 0.5) is 15.8 Å². The molecule has 4 rings (SSSR count). The third-order valence-electron chi connectivity index (χ3n) is 5.40. The third-order valence-corrected chi connectivity index (χ3v) is 5.40. The number of anilines is 2. The molecule has 1 aliphatic heterocycles. The molecular formula is C26H23FN2O3. The van der Waals surface area contributed by atoms with Gasteiger partial charge in [-0.05, 0) is 86.0 Å². The molecule has 6 heteroatoms. The van der Waals surface area contributed by atoms with Crippen molar-refractivity contribution in [2.75, 3.05) is 16.8 Å². The molecule has 2 amide bonds. The number of amides is 2. The lowest BCUT2D eigenvalue weighted by Gasteiger charge is -2.16. The second kappa shape index (κ2) is 8.67. The molecule has 3 aromatic carbocycles. The van der Waals surface area contributed by atoms with Gasteiger partial charge in [-0.15, -0.1) is 0 Å². The Morgan fingerprint density at radius 2 is 1.56 bits per heavy atom. The van der Waals surface area contributed by atoms with E-state index in [-0.39, 0.29) is 11.3 Å². The highest BCUT2D eigenvalue weighted by Crippen LogP contribution is 2.34. The number of nitrogens with one attached hydrogen (secondary N) is 1. The molecule has 0 atom stereocenters. The van der Waals surface area contributed by atoms with Crippen molar-refractivity contribution in [1.82, 2.24) is 0 Å². The van der Waals surface area contributed by atoms with Crippen molar-refractivity contribution in [3.05, 3.63) is 94.9 Å². The highest BCUT2D eigenvalue weighted by molar-refractivity contribution is 6.46. The molecule has 0 saturated carbocycles. The number of carbonyl (C=O) groups is 2. The standard InChI is InChI=1S/C26H23FN2O3/c1-4-32-22-13-11-21(12-14-22)29-25(30)23(18-6-8-19(27)9-7-18)24(26(29)31)28-20-10-5-16(2)17(3)15-20/h5-15,28H,4H2,1-3H3. The van der Waals surface area contributed by atoms with Crippen LogP contribution in [0, 0.1) is 19.7 Å². The van der Waals surface area contributed by atoms with E-state index in [9.17, 15) is 14.0 Å². The van der Waals surface area contributed by atoms with Crippen molar-refractivity contribution in [2.45, 2.75) is 20.8 Å². The fraction of sp³-hybridized carbons (Fsp3) is 0.154. The molecule has 162 valence electrons. The van der Waals surface area contributed by atoms with E-state index in [1.54, 1.807) is 24.3 Å². The number of aryl methyl sites for hydroxylation is 2. The van der Waals surface area contributed by atoms with E-state index >= 15 is 0 Å². The largest absolute Gasteiger partial charge is 0.494 e. The molecule has 0 saturated heterocycles. The van der Waals surface area contributed by atoms with Crippen molar-refractivity contribution in [3.8, 4) is 5.75 Å². The van der Waals surface area contributed by atoms with Gasteiger partial charge in [-0.3, -0.25) is 9.59 Å². The van der Waals surface area contributed by atoms with Crippen molar-refractivity contribution in [3.63, 3.8) is 0 Å². The van der Waals surface area contributed by atoms with E-state index in [1.807, 2.05) is 39.0 Å². The summed E-state index contributed by atoms with van der Waals surface area (Å²) in [6.07, 6.45) is 0. The number of hydrogen-bond acceptors (Lipinski definition) is 4. The van der Waals surface area contributed by atoms with E-state index < -0.39 is 17.6 Å². The summed E-state index contributed by atoms with van der Waals surface area (Å²) in [5.41, 5.74) is 4.11. The van der Waals surface area contributed by atoms with Crippen molar-refractivity contribution in [1.29, 1.82) is 0 Å². The summed E-state index contributed by atoms with van der Waals surface area (Å²) in [5.74, 6) is -0.720. The number of carbonyl (C=O) groups excluding carboxylic acids is 2. The van der Waals surface area contributed by atoms with Crippen LogP contribution >= 0.6 is 0 Å². The Hall–Kier alpha value is -3.93. The summed E-state index contributed by atoms with van der Waals surface area (Å²) in [4.78, 5) is 28.0. The van der Waals surface area contributed by atoms with Crippen LogP contribution in [0.5, 0.6) is 5.75 Å². The smallest absolute Gasteiger partial charge is 0.282 e. The van der Waals surface area contributed by atoms with Crippen LogP contribution in [0.3, 0.4) is 0 Å². The maximum Gasteiger partial charge on any atom is 0.282 e. The fourth-order valence-electron chi connectivity index (χ4n) is 3.59. The number of benzene rings is 3. The zero-order valence-electron chi connectivity index (χ0n) is 18.1. The Balaban J connectivity index is 1.77. The second-order valence-electron chi connectivity index (χ2n) is 7.55. The molecule has 0 aromatic heterocycles. The van der Waals surface area contributed by atoms with Gasteiger partial charge in [0, 0.05) is 5.69 Å². The van der Waals surface area contributed by atoms with E-state index in [0.717, 1.165) is 16.0 Å². The molecule has 32 heavy (non-hydrogen) atoms. The zero-order valence-corrected chi connectivity index (χ0v) is 18.1. The monoisotopic (exact) mass is 430 g/mol. The Bertz CT molecular complexity index is 1210. The van der Waals surface area contributed by atoms with Crippen molar-refractivity contribution >= 4 is 28.8 Å². The summed E-state index contributed by atoms with van der Waals surface area (Å²) < 4.78 is 19.0. The van der Waals surface area contributed by atoms with E-state index in [2.05, 4.69) is 5.32 Å². The van der Waals surface area contributed by atoms with Crippen molar-refractivity contribution < 1.29 is 18.7 Å². The molecule has 0 radical (unpaired) electrons. The molecule has 1 N–H and O–H groups in total. The predicted molar refractivity (Wildman–Crippen MR) is 123 cm³/mol. The van der Waals surface area contributed by atoms with Crippen LogP contribution in [0.25, 0.3) is 5.57 Å². The van der Waals surface area contributed by atoms with E-state index in [4.69, 9.17) is 4.74 Å². The van der Waals surface area contributed by atoms with E-state index in [1.165, 1.54) is 24.3 Å². The first-order valence-corrected chi connectivity index (χ1v) is 10.3. The minimum absolute atomic E-state index is 0.152. The average Bonchev–Trinajstić information content (AvgIpc) is 3.02. The average molecular weight is 430 g/mol. The zero-order chi connectivity index (χ0) is 22.8. The van der Waals surface area contributed by atoms with Crippen molar-refractivity contribution in [2.24, 2.45) is 0 Å². The van der Waals surface area contributed by atoms with Gasteiger partial charge in [0.05, 0.1) is 17.9 Å².